The van der Waals surface area contributed by atoms with E-state index in [9.17, 15) is 0 Å². The summed E-state index contributed by atoms with van der Waals surface area (Å²) in [7, 11) is 2.00. The zero-order valence-corrected chi connectivity index (χ0v) is 19.9. The summed E-state index contributed by atoms with van der Waals surface area (Å²) < 4.78 is 2.27. The summed E-state index contributed by atoms with van der Waals surface area (Å²) in [5, 5.41) is 6.97. The SMILES string of the molecule is C/C=C\C(=C(/C)NB(C)N(CCC)B(C)NC)C(C)(C)S.C=C=C.CC. The molecule has 0 amide bonds. The Bertz CT molecular complexity index is 437. The quantitative estimate of drug-likeness (QED) is 0.220. The molecule has 0 atom stereocenters. The Kier molecular flexibility index (Phi) is 20.3. The maximum Gasteiger partial charge on any atom is 0.326 e. The molecular formula is C20H43B2N3S. The number of rotatable bonds is 9. The molecule has 0 aromatic heterocycles. The van der Waals surface area contributed by atoms with Gasteiger partial charge in [-0.2, -0.15) is 12.6 Å². The highest BCUT2D eigenvalue weighted by molar-refractivity contribution is 7.82. The lowest BCUT2D eigenvalue weighted by Gasteiger charge is -2.32. The highest BCUT2D eigenvalue weighted by Gasteiger charge is 2.26. The van der Waals surface area contributed by atoms with E-state index in [1.165, 1.54) is 11.3 Å². The van der Waals surface area contributed by atoms with Crippen molar-refractivity contribution in [2.24, 2.45) is 0 Å². The number of nitrogens with zero attached hydrogens (tertiary/aromatic N) is 1. The van der Waals surface area contributed by atoms with Crippen LogP contribution in [0.2, 0.25) is 13.6 Å². The maximum atomic E-state index is 4.72. The summed E-state index contributed by atoms with van der Waals surface area (Å²) in [6, 6.07) is 0. The first-order valence-corrected chi connectivity index (χ1v) is 10.1. The van der Waals surface area contributed by atoms with Crippen molar-refractivity contribution in [2.45, 2.75) is 73.3 Å². The molecule has 0 saturated heterocycles. The van der Waals surface area contributed by atoms with E-state index in [2.05, 4.69) is 87.6 Å². The number of allylic oxidation sites excluding steroid dienone is 3. The Balaban J connectivity index is -0.000000950. The van der Waals surface area contributed by atoms with E-state index in [0.29, 0.717) is 6.98 Å². The molecule has 2 N–H and O–H groups in total. The molecule has 6 heteroatoms. The number of hydrogen-bond acceptors (Lipinski definition) is 4. The van der Waals surface area contributed by atoms with E-state index in [1.807, 2.05) is 27.8 Å². The van der Waals surface area contributed by atoms with Crippen LogP contribution in [0.5, 0.6) is 0 Å². The van der Waals surface area contributed by atoms with E-state index in [0.717, 1.165) is 13.0 Å². The second-order valence-electron chi connectivity index (χ2n) is 6.37. The fraction of sp³-hybridized carbons (Fsp3) is 0.650. The fourth-order valence-electron chi connectivity index (χ4n) is 2.58. The van der Waals surface area contributed by atoms with Crippen LogP contribution in [-0.4, -0.2) is 37.0 Å². The van der Waals surface area contributed by atoms with Crippen molar-refractivity contribution in [1.29, 1.82) is 0 Å². The first-order valence-electron chi connectivity index (χ1n) is 9.65. The standard InChI is InChI=1S/C15H33B2N3S.C3H4.C2H6/c1-9-11-14(15(4,5)21)13(3)19-17(7)20(12-10-2)16(6)18-8;1-3-2;1-2/h9,11,18-19,21H,10,12H2,1-8H3;1-2H2;1-2H3/b11-9-,14-13-;;. The molecule has 3 nitrogen and oxygen atoms in total. The smallest absolute Gasteiger partial charge is 0.326 e. The average Bonchev–Trinajstić information content (AvgIpc) is 2.58. The molecule has 0 spiro atoms. The van der Waals surface area contributed by atoms with Crippen LogP contribution in [0, 0.1) is 0 Å². The third kappa shape index (κ3) is 13.4. The van der Waals surface area contributed by atoms with Crippen molar-refractivity contribution in [2.75, 3.05) is 13.6 Å². The van der Waals surface area contributed by atoms with Gasteiger partial charge >= 0.3 is 6.98 Å². The van der Waals surface area contributed by atoms with Gasteiger partial charge in [0, 0.05) is 10.4 Å². The van der Waals surface area contributed by atoms with Crippen molar-refractivity contribution in [3.8, 4) is 0 Å². The van der Waals surface area contributed by atoms with Crippen molar-refractivity contribution in [3.05, 3.63) is 42.3 Å². The minimum Gasteiger partial charge on any atom is -0.419 e. The summed E-state index contributed by atoms with van der Waals surface area (Å²) in [6.45, 7) is 27.0. The third-order valence-corrected chi connectivity index (χ3v) is 3.96. The van der Waals surface area contributed by atoms with E-state index in [-0.39, 0.29) is 11.7 Å². The molecule has 0 saturated carbocycles. The van der Waals surface area contributed by atoms with Gasteiger partial charge in [0.25, 0.3) is 6.98 Å². The van der Waals surface area contributed by atoms with E-state index >= 15 is 0 Å². The fourth-order valence-corrected chi connectivity index (χ4v) is 2.82. The predicted octanol–water partition coefficient (Wildman–Crippen LogP) is 5.29. The lowest BCUT2D eigenvalue weighted by molar-refractivity contribution is 0.604. The van der Waals surface area contributed by atoms with Crippen LogP contribution < -0.4 is 10.5 Å². The van der Waals surface area contributed by atoms with Gasteiger partial charge in [0.05, 0.1) is 0 Å². The number of nitrogens with one attached hydrogen (secondary N) is 2. The van der Waals surface area contributed by atoms with Crippen LogP contribution >= 0.6 is 12.6 Å². The molecule has 0 aliphatic heterocycles. The molecule has 0 unspecified atom stereocenters. The lowest BCUT2D eigenvalue weighted by Crippen LogP contribution is -2.58. The average molecular weight is 379 g/mol. The van der Waals surface area contributed by atoms with E-state index in [1.54, 1.807) is 0 Å². The van der Waals surface area contributed by atoms with Crippen LogP contribution in [0.4, 0.5) is 0 Å². The molecule has 0 heterocycles. The summed E-state index contributed by atoms with van der Waals surface area (Å²) >= 11 is 4.72. The molecule has 0 fully saturated rings. The Morgan fingerprint density at radius 3 is 2.00 bits per heavy atom. The molecule has 0 aliphatic rings. The molecule has 0 aromatic carbocycles. The van der Waals surface area contributed by atoms with Crippen LogP contribution in [0.25, 0.3) is 0 Å². The summed E-state index contributed by atoms with van der Waals surface area (Å²) in [4.78, 5) is 0. The van der Waals surface area contributed by atoms with Crippen molar-refractivity contribution in [1.82, 2.24) is 15.2 Å². The molecule has 0 aliphatic carbocycles. The van der Waals surface area contributed by atoms with Gasteiger partial charge in [-0.15, -0.1) is 5.73 Å². The lowest BCUT2D eigenvalue weighted by atomic mass is 9.62. The summed E-state index contributed by atoms with van der Waals surface area (Å²) in [6.07, 6.45) is 5.36. The number of thiol groups is 1. The minimum atomic E-state index is -0.159. The Morgan fingerprint density at radius 2 is 1.69 bits per heavy atom. The van der Waals surface area contributed by atoms with Crippen LogP contribution in [0.1, 0.15) is 54.9 Å². The van der Waals surface area contributed by atoms with E-state index < -0.39 is 0 Å². The van der Waals surface area contributed by atoms with Crippen LogP contribution in [0.3, 0.4) is 0 Å². The molecule has 150 valence electrons. The zero-order chi connectivity index (χ0) is 21.3. The van der Waals surface area contributed by atoms with Gasteiger partial charge < -0.3 is 15.2 Å². The van der Waals surface area contributed by atoms with Crippen molar-refractivity contribution >= 4 is 26.6 Å². The normalized spacial score (nSPS) is 11.5. The Hall–Kier alpha value is -0.800. The van der Waals surface area contributed by atoms with Gasteiger partial charge in [0.1, 0.15) is 0 Å². The summed E-state index contributed by atoms with van der Waals surface area (Å²) in [5.74, 6) is 0. The molecule has 0 rings (SSSR count). The minimum absolute atomic E-state index is 0.159. The second-order valence-corrected chi connectivity index (χ2v) is 7.49. The molecule has 0 aromatic rings. The molecule has 26 heavy (non-hydrogen) atoms. The van der Waals surface area contributed by atoms with Gasteiger partial charge in [0.2, 0.25) is 0 Å². The number of hydrogen-bond donors (Lipinski definition) is 3. The van der Waals surface area contributed by atoms with Crippen molar-refractivity contribution in [3.63, 3.8) is 0 Å². The first kappa shape index (κ1) is 29.9. The summed E-state index contributed by atoms with van der Waals surface area (Å²) in [5.41, 5.74) is 4.67. The molecular weight excluding hydrogens is 336 g/mol. The van der Waals surface area contributed by atoms with Gasteiger partial charge in [-0.05, 0) is 53.3 Å². The van der Waals surface area contributed by atoms with Gasteiger partial charge in [0.15, 0.2) is 0 Å². The third-order valence-electron chi connectivity index (χ3n) is 3.72. The van der Waals surface area contributed by atoms with E-state index in [4.69, 9.17) is 12.6 Å². The first-order chi connectivity index (χ1) is 12.1. The maximum absolute atomic E-state index is 4.72. The highest BCUT2D eigenvalue weighted by atomic mass is 32.1. The van der Waals surface area contributed by atoms with Gasteiger partial charge in [-0.3, -0.25) is 0 Å². The molecule has 0 radical (unpaired) electrons. The Morgan fingerprint density at radius 1 is 1.23 bits per heavy atom. The zero-order valence-electron chi connectivity index (χ0n) is 19.0. The highest BCUT2D eigenvalue weighted by Crippen LogP contribution is 2.26. The largest absolute Gasteiger partial charge is 0.419 e. The second kappa shape index (κ2) is 17.6. The predicted molar refractivity (Wildman–Crippen MR) is 129 cm³/mol. The monoisotopic (exact) mass is 379 g/mol. The van der Waals surface area contributed by atoms with Crippen molar-refractivity contribution < 1.29 is 0 Å². The topological polar surface area (TPSA) is 27.3 Å². The van der Waals surface area contributed by atoms with Crippen LogP contribution in [0.15, 0.2) is 42.3 Å². The Labute approximate surface area is 171 Å². The van der Waals surface area contributed by atoms with Gasteiger partial charge in [-0.1, -0.05) is 59.7 Å². The van der Waals surface area contributed by atoms with Gasteiger partial charge in [-0.25, -0.2) is 0 Å². The van der Waals surface area contributed by atoms with Crippen LogP contribution in [-0.2, 0) is 0 Å². The molecule has 0 bridgehead atoms.